The molecule has 2 amide bonds. The van der Waals surface area contributed by atoms with Crippen LogP contribution in [0.1, 0.15) is 42.6 Å². The van der Waals surface area contributed by atoms with Crippen LogP contribution >= 0.6 is 0 Å². The second-order valence-corrected chi connectivity index (χ2v) is 5.12. The molecule has 1 rings (SSSR count). The molecule has 0 radical (unpaired) electrons. The molecular formula is C14H20FN3O2. The van der Waals surface area contributed by atoms with Gasteiger partial charge in [0.1, 0.15) is 5.82 Å². The van der Waals surface area contributed by atoms with Gasteiger partial charge in [0.2, 0.25) is 11.8 Å². The van der Waals surface area contributed by atoms with E-state index in [0.29, 0.717) is 6.42 Å². The van der Waals surface area contributed by atoms with Gasteiger partial charge in [-0.2, -0.15) is 0 Å². The molecule has 0 aliphatic carbocycles. The number of anilines is 1. The van der Waals surface area contributed by atoms with Crippen LogP contribution in [-0.4, -0.2) is 17.4 Å². The van der Waals surface area contributed by atoms with E-state index in [1.165, 1.54) is 13.0 Å². The number of carbonyl (C=O) groups is 2. The van der Waals surface area contributed by atoms with E-state index in [2.05, 4.69) is 5.32 Å². The predicted molar refractivity (Wildman–Crippen MR) is 75.8 cm³/mol. The first-order valence-electron chi connectivity index (χ1n) is 6.39. The first kappa shape index (κ1) is 16.1. The first-order chi connectivity index (χ1) is 9.19. The van der Waals surface area contributed by atoms with Gasteiger partial charge in [-0.25, -0.2) is 4.39 Å². The molecule has 110 valence electrons. The molecule has 0 saturated heterocycles. The van der Waals surface area contributed by atoms with Gasteiger partial charge in [-0.3, -0.25) is 9.59 Å². The predicted octanol–water partition coefficient (Wildman–Crippen LogP) is 1.69. The van der Waals surface area contributed by atoms with Crippen LogP contribution in [0.15, 0.2) is 12.1 Å². The Morgan fingerprint density at radius 1 is 1.40 bits per heavy atom. The largest absolute Gasteiger partial charge is 0.366 e. The van der Waals surface area contributed by atoms with Crippen molar-refractivity contribution in [2.75, 3.05) is 5.32 Å². The van der Waals surface area contributed by atoms with Gasteiger partial charge in [-0.1, -0.05) is 13.3 Å². The van der Waals surface area contributed by atoms with Crippen molar-refractivity contribution >= 4 is 17.5 Å². The second-order valence-electron chi connectivity index (χ2n) is 5.12. The number of amides is 2. The second kappa shape index (κ2) is 6.00. The molecule has 0 bridgehead atoms. The molecule has 0 aromatic heterocycles. The van der Waals surface area contributed by atoms with Crippen LogP contribution < -0.4 is 16.8 Å². The highest BCUT2D eigenvalue weighted by Crippen LogP contribution is 2.22. The number of nitrogens with one attached hydrogen (secondary N) is 1. The Balaban J connectivity index is 3.09. The van der Waals surface area contributed by atoms with Gasteiger partial charge >= 0.3 is 0 Å². The third-order valence-electron chi connectivity index (χ3n) is 3.17. The molecule has 0 fully saturated rings. The van der Waals surface area contributed by atoms with Crippen LogP contribution in [-0.2, 0) is 4.79 Å². The SMILES string of the molecule is CCCC(C)(N)C(=O)Nc1cc(C(N)=O)cc(F)c1C. The van der Waals surface area contributed by atoms with Crippen molar-refractivity contribution < 1.29 is 14.0 Å². The molecule has 0 aliphatic heterocycles. The number of primary amides is 1. The highest BCUT2D eigenvalue weighted by molar-refractivity contribution is 6.00. The van der Waals surface area contributed by atoms with Gasteiger partial charge in [0.15, 0.2) is 0 Å². The van der Waals surface area contributed by atoms with Crippen LogP contribution in [0.5, 0.6) is 0 Å². The molecule has 1 aromatic rings. The summed E-state index contributed by atoms with van der Waals surface area (Å²) in [6.07, 6.45) is 1.24. The number of halogens is 1. The Kier molecular flexibility index (Phi) is 4.83. The number of nitrogens with two attached hydrogens (primary N) is 2. The average molecular weight is 281 g/mol. The van der Waals surface area contributed by atoms with E-state index in [-0.39, 0.29) is 16.8 Å². The summed E-state index contributed by atoms with van der Waals surface area (Å²) in [6, 6.07) is 2.39. The minimum Gasteiger partial charge on any atom is -0.366 e. The van der Waals surface area contributed by atoms with E-state index >= 15 is 0 Å². The Labute approximate surface area is 117 Å². The Morgan fingerprint density at radius 3 is 2.50 bits per heavy atom. The van der Waals surface area contributed by atoms with Crippen LogP contribution in [0, 0.1) is 12.7 Å². The van der Waals surface area contributed by atoms with Gasteiger partial charge in [0, 0.05) is 16.8 Å². The molecule has 20 heavy (non-hydrogen) atoms. The lowest BCUT2D eigenvalue weighted by Gasteiger charge is -2.23. The Morgan fingerprint density at radius 2 is 2.00 bits per heavy atom. The molecule has 1 atom stereocenters. The number of carbonyl (C=O) groups excluding carboxylic acids is 2. The standard InChI is InChI=1S/C14H20FN3O2/c1-4-5-14(3,17)13(20)18-11-7-9(12(16)19)6-10(15)8(11)2/h6-7H,4-5,17H2,1-3H3,(H2,16,19)(H,18,20). The lowest BCUT2D eigenvalue weighted by Crippen LogP contribution is -2.48. The van der Waals surface area contributed by atoms with Crippen molar-refractivity contribution in [1.82, 2.24) is 0 Å². The van der Waals surface area contributed by atoms with E-state index in [9.17, 15) is 14.0 Å². The number of hydrogen-bond acceptors (Lipinski definition) is 3. The average Bonchev–Trinajstić information content (AvgIpc) is 2.34. The normalized spacial score (nSPS) is 13.7. The monoisotopic (exact) mass is 281 g/mol. The topological polar surface area (TPSA) is 98.2 Å². The van der Waals surface area contributed by atoms with Crippen LogP contribution in [0.2, 0.25) is 0 Å². The zero-order valence-electron chi connectivity index (χ0n) is 11.9. The molecule has 1 unspecified atom stereocenters. The summed E-state index contributed by atoms with van der Waals surface area (Å²) < 4.78 is 13.7. The van der Waals surface area contributed by atoms with Crippen LogP contribution in [0.25, 0.3) is 0 Å². The molecule has 6 heteroatoms. The molecule has 0 spiro atoms. The lowest BCUT2D eigenvalue weighted by atomic mass is 9.96. The number of rotatable bonds is 5. The van der Waals surface area contributed by atoms with E-state index in [4.69, 9.17) is 11.5 Å². The van der Waals surface area contributed by atoms with Crippen molar-refractivity contribution in [3.8, 4) is 0 Å². The highest BCUT2D eigenvalue weighted by atomic mass is 19.1. The van der Waals surface area contributed by atoms with Gasteiger partial charge < -0.3 is 16.8 Å². The maximum atomic E-state index is 13.7. The molecule has 0 saturated carbocycles. The summed E-state index contributed by atoms with van der Waals surface area (Å²) >= 11 is 0. The summed E-state index contributed by atoms with van der Waals surface area (Å²) in [7, 11) is 0. The fraction of sp³-hybridized carbons (Fsp3) is 0.429. The van der Waals surface area contributed by atoms with E-state index in [0.717, 1.165) is 12.5 Å². The zero-order chi connectivity index (χ0) is 15.5. The summed E-state index contributed by atoms with van der Waals surface area (Å²) in [4.78, 5) is 23.2. The van der Waals surface area contributed by atoms with Gasteiger partial charge in [-0.05, 0) is 32.4 Å². The minimum absolute atomic E-state index is 0.00221. The summed E-state index contributed by atoms with van der Waals surface area (Å²) in [5.74, 6) is -1.79. The smallest absolute Gasteiger partial charge is 0.248 e. The third kappa shape index (κ3) is 3.54. The van der Waals surface area contributed by atoms with Crippen molar-refractivity contribution in [2.45, 2.75) is 39.2 Å². The summed E-state index contributed by atoms with van der Waals surface area (Å²) in [6.45, 7) is 5.02. The molecule has 5 N–H and O–H groups in total. The zero-order valence-corrected chi connectivity index (χ0v) is 11.9. The lowest BCUT2D eigenvalue weighted by molar-refractivity contribution is -0.120. The van der Waals surface area contributed by atoms with E-state index in [1.807, 2.05) is 6.92 Å². The quantitative estimate of drug-likeness (QED) is 0.766. The molecule has 0 heterocycles. The molecule has 0 aliphatic rings. The van der Waals surface area contributed by atoms with Gasteiger partial charge in [0.05, 0.1) is 5.54 Å². The maximum Gasteiger partial charge on any atom is 0.248 e. The molecule has 5 nitrogen and oxygen atoms in total. The van der Waals surface area contributed by atoms with Gasteiger partial charge in [0.25, 0.3) is 0 Å². The van der Waals surface area contributed by atoms with E-state index in [1.54, 1.807) is 6.92 Å². The first-order valence-corrected chi connectivity index (χ1v) is 6.39. The number of benzene rings is 1. The van der Waals surface area contributed by atoms with Crippen LogP contribution in [0.3, 0.4) is 0 Å². The summed E-state index contributed by atoms with van der Waals surface area (Å²) in [5.41, 5.74) is 10.4. The maximum absolute atomic E-state index is 13.7. The molecule has 1 aromatic carbocycles. The Bertz CT molecular complexity index is 541. The Hall–Kier alpha value is -1.95. The third-order valence-corrected chi connectivity index (χ3v) is 3.17. The molecular weight excluding hydrogens is 261 g/mol. The van der Waals surface area contributed by atoms with E-state index < -0.39 is 23.2 Å². The minimum atomic E-state index is -1.06. The van der Waals surface area contributed by atoms with Crippen molar-refractivity contribution in [3.05, 3.63) is 29.1 Å². The van der Waals surface area contributed by atoms with Crippen LogP contribution in [0.4, 0.5) is 10.1 Å². The number of hydrogen-bond donors (Lipinski definition) is 3. The van der Waals surface area contributed by atoms with Crippen molar-refractivity contribution in [2.24, 2.45) is 11.5 Å². The highest BCUT2D eigenvalue weighted by Gasteiger charge is 2.28. The fourth-order valence-corrected chi connectivity index (χ4v) is 1.85. The van der Waals surface area contributed by atoms with Gasteiger partial charge in [-0.15, -0.1) is 0 Å². The van der Waals surface area contributed by atoms with Crippen molar-refractivity contribution in [1.29, 1.82) is 0 Å². The summed E-state index contributed by atoms with van der Waals surface area (Å²) in [5, 5.41) is 2.56. The fourth-order valence-electron chi connectivity index (χ4n) is 1.85. The van der Waals surface area contributed by atoms with Crippen molar-refractivity contribution in [3.63, 3.8) is 0 Å².